The van der Waals surface area contributed by atoms with Crippen molar-refractivity contribution in [2.24, 2.45) is 0 Å². The van der Waals surface area contributed by atoms with E-state index in [0.29, 0.717) is 11.1 Å². The number of nitrogens with zero attached hydrogens (tertiary/aromatic N) is 2. The van der Waals surface area contributed by atoms with Crippen LogP contribution in [0.4, 0.5) is 0 Å². The first-order valence-electron chi connectivity index (χ1n) is 5.37. The lowest BCUT2D eigenvalue weighted by Gasteiger charge is -2.10. The van der Waals surface area contributed by atoms with Gasteiger partial charge in [0, 0.05) is 18.0 Å². The third-order valence-corrected chi connectivity index (χ3v) is 2.34. The SMILES string of the molecule is N#C[C@H](OC(=O)c1ccccc1)c1cccnc1. The quantitative estimate of drug-likeness (QED) is 0.771. The zero-order valence-electron chi connectivity index (χ0n) is 9.48. The summed E-state index contributed by atoms with van der Waals surface area (Å²) in [6, 6.07) is 13.9. The van der Waals surface area contributed by atoms with E-state index in [9.17, 15) is 4.79 Å². The maximum Gasteiger partial charge on any atom is 0.339 e. The Labute approximate surface area is 104 Å². The second-order valence-corrected chi connectivity index (χ2v) is 3.57. The Kier molecular flexibility index (Phi) is 3.67. The largest absolute Gasteiger partial charge is 0.438 e. The summed E-state index contributed by atoms with van der Waals surface area (Å²) in [4.78, 5) is 15.7. The number of hydrogen-bond donors (Lipinski definition) is 0. The monoisotopic (exact) mass is 238 g/mol. The molecule has 2 rings (SSSR count). The zero-order chi connectivity index (χ0) is 12.8. The molecule has 88 valence electrons. The van der Waals surface area contributed by atoms with Crippen LogP contribution in [0.3, 0.4) is 0 Å². The highest BCUT2D eigenvalue weighted by molar-refractivity contribution is 5.89. The molecular formula is C14H10N2O2. The van der Waals surface area contributed by atoms with Gasteiger partial charge in [-0.1, -0.05) is 24.3 Å². The lowest BCUT2D eigenvalue weighted by molar-refractivity contribution is 0.0404. The summed E-state index contributed by atoms with van der Waals surface area (Å²) in [5.41, 5.74) is 0.978. The molecular weight excluding hydrogens is 228 g/mol. The van der Waals surface area contributed by atoms with E-state index in [1.165, 1.54) is 6.20 Å². The van der Waals surface area contributed by atoms with Crippen molar-refractivity contribution < 1.29 is 9.53 Å². The predicted octanol–water partition coefficient (Wildman–Crippen LogP) is 2.50. The zero-order valence-corrected chi connectivity index (χ0v) is 9.48. The summed E-state index contributed by atoms with van der Waals surface area (Å²) in [6.45, 7) is 0. The number of esters is 1. The van der Waals surface area contributed by atoms with E-state index in [-0.39, 0.29) is 0 Å². The Morgan fingerprint density at radius 2 is 2.00 bits per heavy atom. The first kappa shape index (κ1) is 11.8. The summed E-state index contributed by atoms with van der Waals surface area (Å²) < 4.78 is 5.13. The Morgan fingerprint density at radius 3 is 2.61 bits per heavy atom. The summed E-state index contributed by atoms with van der Waals surface area (Å²) in [5.74, 6) is -0.522. The van der Waals surface area contributed by atoms with Gasteiger partial charge in [-0.15, -0.1) is 0 Å². The molecule has 2 aromatic rings. The van der Waals surface area contributed by atoms with Gasteiger partial charge in [-0.25, -0.2) is 4.79 Å². The first-order chi connectivity index (χ1) is 8.81. The van der Waals surface area contributed by atoms with Gasteiger partial charge in [0.2, 0.25) is 6.10 Å². The minimum Gasteiger partial charge on any atom is -0.438 e. The molecule has 0 aliphatic heterocycles. The van der Waals surface area contributed by atoms with Crippen molar-refractivity contribution in [2.45, 2.75) is 6.10 Å². The molecule has 1 atom stereocenters. The number of rotatable bonds is 3. The van der Waals surface area contributed by atoms with E-state index in [1.807, 2.05) is 6.07 Å². The minimum absolute atomic E-state index is 0.418. The van der Waals surface area contributed by atoms with Gasteiger partial charge in [-0.2, -0.15) is 5.26 Å². The Morgan fingerprint density at radius 1 is 1.22 bits per heavy atom. The predicted molar refractivity (Wildman–Crippen MR) is 64.4 cm³/mol. The lowest BCUT2D eigenvalue weighted by Crippen LogP contribution is -2.10. The van der Waals surface area contributed by atoms with E-state index >= 15 is 0 Å². The highest BCUT2D eigenvalue weighted by atomic mass is 16.5. The van der Waals surface area contributed by atoms with Crippen molar-refractivity contribution in [1.82, 2.24) is 4.98 Å². The van der Waals surface area contributed by atoms with E-state index in [2.05, 4.69) is 4.98 Å². The second-order valence-electron chi connectivity index (χ2n) is 3.57. The normalized spacial score (nSPS) is 11.3. The molecule has 1 heterocycles. The van der Waals surface area contributed by atoms with E-state index < -0.39 is 12.1 Å². The van der Waals surface area contributed by atoms with Crippen molar-refractivity contribution in [3.8, 4) is 6.07 Å². The van der Waals surface area contributed by atoms with Crippen LogP contribution in [-0.4, -0.2) is 11.0 Å². The second kappa shape index (κ2) is 5.60. The number of pyridine rings is 1. The minimum atomic E-state index is -0.939. The molecule has 4 heteroatoms. The number of benzene rings is 1. The number of hydrogen-bond acceptors (Lipinski definition) is 4. The van der Waals surface area contributed by atoms with Gasteiger partial charge in [-0.05, 0) is 18.2 Å². The van der Waals surface area contributed by atoms with Crippen LogP contribution in [0.25, 0.3) is 0 Å². The molecule has 0 spiro atoms. The molecule has 0 amide bonds. The number of ether oxygens (including phenoxy) is 1. The fraction of sp³-hybridized carbons (Fsp3) is 0.0714. The first-order valence-corrected chi connectivity index (χ1v) is 5.37. The molecule has 0 aliphatic rings. The van der Waals surface area contributed by atoms with Crippen LogP contribution in [0, 0.1) is 11.3 Å². The topological polar surface area (TPSA) is 63.0 Å². The third kappa shape index (κ3) is 2.71. The molecule has 0 unspecified atom stereocenters. The van der Waals surface area contributed by atoms with Gasteiger partial charge in [0.05, 0.1) is 5.56 Å². The van der Waals surface area contributed by atoms with Crippen LogP contribution >= 0.6 is 0 Å². The van der Waals surface area contributed by atoms with E-state index in [1.54, 1.807) is 48.7 Å². The van der Waals surface area contributed by atoms with Crippen LogP contribution in [0.1, 0.15) is 22.0 Å². The molecule has 0 bridgehead atoms. The maximum absolute atomic E-state index is 11.8. The van der Waals surface area contributed by atoms with E-state index in [0.717, 1.165) is 0 Å². The van der Waals surface area contributed by atoms with Crippen LogP contribution in [-0.2, 0) is 4.74 Å². The van der Waals surface area contributed by atoms with Gasteiger partial charge >= 0.3 is 5.97 Å². The molecule has 18 heavy (non-hydrogen) atoms. The maximum atomic E-state index is 11.8. The molecule has 0 radical (unpaired) electrons. The fourth-order valence-corrected chi connectivity index (χ4v) is 1.45. The number of aromatic nitrogens is 1. The van der Waals surface area contributed by atoms with Crippen molar-refractivity contribution in [3.05, 3.63) is 66.0 Å². The molecule has 0 fully saturated rings. The van der Waals surface area contributed by atoms with Gasteiger partial charge in [0.15, 0.2) is 0 Å². The number of nitriles is 1. The highest BCUT2D eigenvalue weighted by Gasteiger charge is 2.17. The Hall–Kier alpha value is -2.67. The van der Waals surface area contributed by atoms with Crippen molar-refractivity contribution in [2.75, 3.05) is 0 Å². The van der Waals surface area contributed by atoms with Crippen LogP contribution < -0.4 is 0 Å². The average molecular weight is 238 g/mol. The molecule has 4 nitrogen and oxygen atoms in total. The number of carbonyl (C=O) groups excluding carboxylic acids is 1. The molecule has 0 saturated carbocycles. The van der Waals surface area contributed by atoms with Gasteiger partial charge < -0.3 is 4.74 Å². The van der Waals surface area contributed by atoms with Gasteiger partial charge in [0.25, 0.3) is 0 Å². The molecule has 1 aromatic carbocycles. The standard InChI is InChI=1S/C14H10N2O2/c15-9-13(12-7-4-8-16-10-12)18-14(17)11-5-2-1-3-6-11/h1-8,10,13H/t13-/m0/s1. The third-order valence-electron chi connectivity index (χ3n) is 2.34. The lowest BCUT2D eigenvalue weighted by atomic mass is 10.2. The summed E-state index contributed by atoms with van der Waals surface area (Å²) in [5, 5.41) is 9.02. The summed E-state index contributed by atoms with van der Waals surface area (Å²) in [6.07, 6.45) is 2.16. The van der Waals surface area contributed by atoms with Crippen molar-refractivity contribution in [3.63, 3.8) is 0 Å². The Bertz CT molecular complexity index is 561. The van der Waals surface area contributed by atoms with Crippen molar-refractivity contribution >= 4 is 5.97 Å². The van der Waals surface area contributed by atoms with Crippen molar-refractivity contribution in [1.29, 1.82) is 5.26 Å². The van der Waals surface area contributed by atoms with Gasteiger partial charge in [-0.3, -0.25) is 4.98 Å². The van der Waals surface area contributed by atoms with Crippen LogP contribution in [0.5, 0.6) is 0 Å². The summed E-state index contributed by atoms with van der Waals surface area (Å²) >= 11 is 0. The molecule has 0 N–H and O–H groups in total. The number of carbonyl (C=O) groups is 1. The van der Waals surface area contributed by atoms with Gasteiger partial charge in [0.1, 0.15) is 6.07 Å². The average Bonchev–Trinajstić information content (AvgIpc) is 2.46. The fourth-order valence-electron chi connectivity index (χ4n) is 1.45. The highest BCUT2D eigenvalue weighted by Crippen LogP contribution is 2.17. The smallest absolute Gasteiger partial charge is 0.339 e. The summed E-state index contributed by atoms with van der Waals surface area (Å²) in [7, 11) is 0. The molecule has 0 saturated heterocycles. The van der Waals surface area contributed by atoms with Crippen LogP contribution in [0.2, 0.25) is 0 Å². The van der Waals surface area contributed by atoms with E-state index in [4.69, 9.17) is 10.00 Å². The van der Waals surface area contributed by atoms with Crippen LogP contribution in [0.15, 0.2) is 54.9 Å². The molecule has 1 aromatic heterocycles. The Balaban J connectivity index is 2.14. The molecule has 0 aliphatic carbocycles.